The van der Waals surface area contributed by atoms with E-state index < -0.39 is 16.6 Å². The van der Waals surface area contributed by atoms with Gasteiger partial charge < -0.3 is 9.64 Å². The number of rotatable bonds is 7. The summed E-state index contributed by atoms with van der Waals surface area (Å²) in [7, 11) is -3.87. The first kappa shape index (κ1) is 17.1. The van der Waals surface area contributed by atoms with Crippen LogP contribution in [0, 0.1) is 0 Å². The minimum atomic E-state index is -3.87. The second-order valence-electron chi connectivity index (χ2n) is 5.13. The maximum atomic E-state index is 12.3. The number of benzene rings is 1. The predicted molar refractivity (Wildman–Crippen MR) is 78.6 cm³/mol. The van der Waals surface area contributed by atoms with Gasteiger partial charge in [0.2, 0.25) is 10.0 Å². The fourth-order valence-corrected chi connectivity index (χ4v) is 3.62. The van der Waals surface area contributed by atoms with Crippen LogP contribution in [-0.4, -0.2) is 46.1 Å². The first-order valence-electron chi connectivity index (χ1n) is 7.25. The molecule has 124 valence electrons. The molecule has 1 aliphatic rings. The van der Waals surface area contributed by atoms with Gasteiger partial charge in [0.1, 0.15) is 10.6 Å². The highest BCUT2D eigenvalue weighted by Gasteiger charge is 2.21. The van der Waals surface area contributed by atoms with Crippen LogP contribution in [0.15, 0.2) is 29.2 Å². The van der Waals surface area contributed by atoms with E-state index in [-0.39, 0.29) is 17.2 Å². The van der Waals surface area contributed by atoms with E-state index in [2.05, 4.69) is 14.4 Å². The van der Waals surface area contributed by atoms with E-state index in [9.17, 15) is 17.2 Å². The lowest BCUT2D eigenvalue weighted by Crippen LogP contribution is -2.37. The van der Waals surface area contributed by atoms with Crippen molar-refractivity contribution in [2.75, 3.05) is 26.2 Å². The largest absolute Gasteiger partial charge is 0.433 e. The fourth-order valence-electron chi connectivity index (χ4n) is 2.46. The third-order valence-corrected chi connectivity index (χ3v) is 5.02. The summed E-state index contributed by atoms with van der Waals surface area (Å²) in [6.07, 6.45) is 3.45. The normalized spacial score (nSPS) is 16.9. The quantitative estimate of drug-likeness (QED) is 0.829. The smallest absolute Gasteiger partial charge is 0.387 e. The summed E-state index contributed by atoms with van der Waals surface area (Å²) >= 11 is 0. The van der Waals surface area contributed by atoms with Crippen molar-refractivity contribution in [2.24, 2.45) is 0 Å². The molecule has 1 aliphatic heterocycles. The van der Waals surface area contributed by atoms with Crippen molar-refractivity contribution in [3.63, 3.8) is 0 Å². The fraction of sp³-hybridized carbons (Fsp3) is 0.571. The van der Waals surface area contributed by atoms with Gasteiger partial charge in [-0.15, -0.1) is 0 Å². The van der Waals surface area contributed by atoms with Crippen molar-refractivity contribution in [1.82, 2.24) is 9.62 Å². The molecule has 1 N–H and O–H groups in total. The number of likely N-dealkylation sites (tertiary alicyclic amines) is 1. The van der Waals surface area contributed by atoms with E-state index in [0.717, 1.165) is 25.9 Å². The standard InChI is InChI=1S/C14H20F2N2O3S/c15-14(16)21-12-6-2-3-7-13(12)22(19,20)17-8-11-18-9-4-1-5-10-18/h2-3,6-7,14,17H,1,4-5,8-11H2. The van der Waals surface area contributed by atoms with Gasteiger partial charge >= 0.3 is 6.61 Å². The number of hydrogen-bond acceptors (Lipinski definition) is 4. The van der Waals surface area contributed by atoms with Gasteiger partial charge in [-0.05, 0) is 38.1 Å². The molecule has 2 rings (SSSR count). The third-order valence-electron chi connectivity index (χ3n) is 3.52. The first-order valence-corrected chi connectivity index (χ1v) is 8.73. The number of nitrogens with zero attached hydrogens (tertiary/aromatic N) is 1. The van der Waals surface area contributed by atoms with E-state index in [1.54, 1.807) is 0 Å². The van der Waals surface area contributed by atoms with Crippen LogP contribution in [0.3, 0.4) is 0 Å². The van der Waals surface area contributed by atoms with Gasteiger partial charge in [-0.3, -0.25) is 0 Å². The molecule has 0 amide bonds. The van der Waals surface area contributed by atoms with E-state index >= 15 is 0 Å². The second-order valence-corrected chi connectivity index (χ2v) is 6.86. The summed E-state index contributed by atoms with van der Waals surface area (Å²) in [6, 6.07) is 5.38. The molecule has 1 saturated heterocycles. The number of hydrogen-bond donors (Lipinski definition) is 1. The van der Waals surface area contributed by atoms with Crippen molar-refractivity contribution < 1.29 is 21.9 Å². The van der Waals surface area contributed by atoms with Gasteiger partial charge in [-0.2, -0.15) is 8.78 Å². The summed E-state index contributed by atoms with van der Waals surface area (Å²) in [5, 5.41) is 0. The van der Waals surface area contributed by atoms with Gasteiger partial charge in [-0.1, -0.05) is 18.6 Å². The zero-order valence-electron chi connectivity index (χ0n) is 12.2. The highest BCUT2D eigenvalue weighted by Crippen LogP contribution is 2.24. The van der Waals surface area contributed by atoms with Crippen molar-refractivity contribution >= 4 is 10.0 Å². The van der Waals surface area contributed by atoms with E-state index in [4.69, 9.17) is 0 Å². The minimum absolute atomic E-state index is 0.241. The van der Waals surface area contributed by atoms with Crippen LogP contribution in [0.2, 0.25) is 0 Å². The number of alkyl halides is 2. The molecule has 0 spiro atoms. The Kier molecular flexibility index (Phi) is 6.10. The maximum absolute atomic E-state index is 12.3. The van der Waals surface area contributed by atoms with Gasteiger partial charge in [0.25, 0.3) is 0 Å². The van der Waals surface area contributed by atoms with Gasteiger partial charge in [-0.25, -0.2) is 13.1 Å². The van der Waals surface area contributed by atoms with Crippen molar-refractivity contribution in [3.8, 4) is 5.75 Å². The minimum Gasteiger partial charge on any atom is -0.433 e. The van der Waals surface area contributed by atoms with Crippen LogP contribution in [-0.2, 0) is 10.0 Å². The lowest BCUT2D eigenvalue weighted by Gasteiger charge is -2.26. The molecule has 0 aromatic heterocycles. The molecule has 1 aromatic rings. The SMILES string of the molecule is O=S(=O)(NCCN1CCCCC1)c1ccccc1OC(F)F. The summed E-state index contributed by atoms with van der Waals surface area (Å²) in [6.45, 7) is -0.285. The average Bonchev–Trinajstić information content (AvgIpc) is 2.48. The number of sulfonamides is 1. The molecule has 0 bridgehead atoms. The van der Waals surface area contributed by atoms with Crippen LogP contribution in [0.1, 0.15) is 19.3 Å². The average molecular weight is 334 g/mol. The summed E-state index contributed by atoms with van der Waals surface area (Å²) < 4.78 is 55.8. The highest BCUT2D eigenvalue weighted by atomic mass is 32.2. The molecule has 0 aliphatic carbocycles. The lowest BCUT2D eigenvalue weighted by molar-refractivity contribution is -0.0517. The molecule has 1 aromatic carbocycles. The molecule has 22 heavy (non-hydrogen) atoms. The van der Waals surface area contributed by atoms with Crippen LogP contribution >= 0.6 is 0 Å². The summed E-state index contributed by atoms with van der Waals surface area (Å²) in [5.74, 6) is -0.344. The van der Waals surface area contributed by atoms with Gasteiger partial charge in [0.05, 0.1) is 0 Å². The zero-order valence-corrected chi connectivity index (χ0v) is 13.0. The Hall–Kier alpha value is -1.25. The second kappa shape index (κ2) is 7.85. The van der Waals surface area contributed by atoms with E-state index in [1.165, 1.54) is 30.7 Å². The number of ether oxygens (including phenoxy) is 1. The number of nitrogens with one attached hydrogen (secondary N) is 1. The number of halogens is 2. The monoisotopic (exact) mass is 334 g/mol. The molecule has 8 heteroatoms. The van der Waals surface area contributed by atoms with Gasteiger partial charge in [0, 0.05) is 13.1 Å². The van der Waals surface area contributed by atoms with Gasteiger partial charge in [0.15, 0.2) is 0 Å². The Morgan fingerprint density at radius 2 is 1.86 bits per heavy atom. The van der Waals surface area contributed by atoms with Crippen LogP contribution in [0.4, 0.5) is 8.78 Å². The third kappa shape index (κ3) is 4.89. The Balaban J connectivity index is 1.97. The molecule has 1 fully saturated rings. The molecule has 5 nitrogen and oxygen atoms in total. The van der Waals surface area contributed by atoms with Crippen molar-refractivity contribution in [3.05, 3.63) is 24.3 Å². The molecule has 0 saturated carbocycles. The summed E-state index contributed by atoms with van der Waals surface area (Å²) in [5.41, 5.74) is 0. The Morgan fingerprint density at radius 3 is 2.55 bits per heavy atom. The van der Waals surface area contributed by atoms with Crippen LogP contribution < -0.4 is 9.46 Å². The molecular formula is C14H20F2N2O3S. The molecule has 0 atom stereocenters. The topological polar surface area (TPSA) is 58.6 Å². The number of piperidine rings is 1. The van der Waals surface area contributed by atoms with E-state index in [1.807, 2.05) is 0 Å². The predicted octanol–water partition coefficient (Wildman–Crippen LogP) is 2.05. The molecule has 0 radical (unpaired) electrons. The first-order chi connectivity index (χ1) is 10.5. The Morgan fingerprint density at radius 1 is 1.18 bits per heavy atom. The zero-order chi connectivity index (χ0) is 16.0. The summed E-state index contributed by atoms with van der Waals surface area (Å²) in [4.78, 5) is 1.92. The Labute approximate surface area is 129 Å². The molecule has 1 heterocycles. The van der Waals surface area contributed by atoms with Crippen LogP contribution in [0.25, 0.3) is 0 Å². The highest BCUT2D eigenvalue weighted by molar-refractivity contribution is 7.89. The lowest BCUT2D eigenvalue weighted by atomic mass is 10.1. The van der Waals surface area contributed by atoms with Crippen molar-refractivity contribution in [2.45, 2.75) is 30.8 Å². The maximum Gasteiger partial charge on any atom is 0.387 e. The molecule has 0 unspecified atom stereocenters. The van der Waals surface area contributed by atoms with Crippen molar-refractivity contribution in [1.29, 1.82) is 0 Å². The van der Waals surface area contributed by atoms with E-state index in [0.29, 0.717) is 6.54 Å². The number of para-hydroxylation sites is 1. The molecular weight excluding hydrogens is 314 g/mol. The van der Waals surface area contributed by atoms with Crippen LogP contribution in [0.5, 0.6) is 5.75 Å². The Bertz CT molecular complexity index is 575.